The Bertz CT molecular complexity index is 829. The van der Waals surface area contributed by atoms with Gasteiger partial charge in [0.15, 0.2) is 5.78 Å². The smallest absolute Gasteiger partial charge is 0.236 e. The molecule has 128 valence electrons. The molecule has 0 aromatic heterocycles. The van der Waals surface area contributed by atoms with Crippen LogP contribution in [0.1, 0.15) is 35.7 Å². The summed E-state index contributed by atoms with van der Waals surface area (Å²) in [7, 11) is 0. The van der Waals surface area contributed by atoms with E-state index in [1.807, 2.05) is 24.3 Å². The largest absolute Gasteiger partial charge is 0.326 e. The Kier molecular flexibility index (Phi) is 4.93. The van der Waals surface area contributed by atoms with Crippen molar-refractivity contribution in [3.8, 4) is 0 Å². The lowest BCUT2D eigenvalue weighted by Gasteiger charge is -2.29. The van der Waals surface area contributed by atoms with Crippen molar-refractivity contribution in [3.63, 3.8) is 0 Å². The lowest BCUT2D eigenvalue weighted by atomic mass is 10.0. The summed E-state index contributed by atoms with van der Waals surface area (Å²) in [4.78, 5) is 37.9. The van der Waals surface area contributed by atoms with E-state index < -0.39 is 0 Å². The predicted molar refractivity (Wildman–Crippen MR) is 96.8 cm³/mol. The van der Waals surface area contributed by atoms with Crippen LogP contribution in [-0.2, 0) is 16.0 Å². The number of nitrogens with one attached hydrogen (secondary N) is 1. The Morgan fingerprint density at radius 3 is 2.68 bits per heavy atom. The van der Waals surface area contributed by atoms with Crippen LogP contribution in [0.2, 0.25) is 0 Å². The number of benzene rings is 2. The van der Waals surface area contributed by atoms with Crippen molar-refractivity contribution in [2.75, 3.05) is 16.8 Å². The molecule has 0 saturated heterocycles. The van der Waals surface area contributed by atoms with E-state index in [0.29, 0.717) is 17.8 Å². The Morgan fingerprint density at radius 1 is 1.08 bits per heavy atom. The van der Waals surface area contributed by atoms with E-state index in [1.165, 1.54) is 6.92 Å². The maximum absolute atomic E-state index is 12.5. The molecular formula is C20H20N2O3. The molecule has 0 bridgehead atoms. The molecule has 2 amide bonds. The molecular weight excluding hydrogens is 316 g/mol. The lowest BCUT2D eigenvalue weighted by Crippen LogP contribution is -2.37. The van der Waals surface area contributed by atoms with Crippen molar-refractivity contribution >= 4 is 29.0 Å². The van der Waals surface area contributed by atoms with E-state index in [1.54, 1.807) is 29.2 Å². The molecule has 0 saturated carbocycles. The number of carbonyl (C=O) groups is 3. The summed E-state index contributed by atoms with van der Waals surface area (Å²) in [6.07, 6.45) is 1.62. The average Bonchev–Trinajstić information content (AvgIpc) is 2.61. The van der Waals surface area contributed by atoms with E-state index in [0.717, 1.165) is 24.1 Å². The molecule has 1 aliphatic heterocycles. The van der Waals surface area contributed by atoms with Crippen molar-refractivity contribution < 1.29 is 14.4 Å². The highest BCUT2D eigenvalue weighted by Gasteiger charge is 2.23. The van der Waals surface area contributed by atoms with Gasteiger partial charge in [0.25, 0.3) is 0 Å². The minimum absolute atomic E-state index is 0.0721. The van der Waals surface area contributed by atoms with Gasteiger partial charge in [-0.1, -0.05) is 30.3 Å². The van der Waals surface area contributed by atoms with Crippen molar-refractivity contribution in [1.82, 2.24) is 0 Å². The monoisotopic (exact) mass is 336 g/mol. The molecule has 5 nitrogen and oxygen atoms in total. The zero-order valence-electron chi connectivity index (χ0n) is 14.1. The number of fused-ring (bicyclic) bond motifs is 1. The summed E-state index contributed by atoms with van der Waals surface area (Å²) in [5.41, 5.74) is 3.07. The SMILES string of the molecule is CC(=O)c1cccc(NC(=O)CC(=O)N2CCCc3ccccc32)c1. The minimum Gasteiger partial charge on any atom is -0.326 e. The number of carbonyl (C=O) groups excluding carboxylic acids is 3. The number of para-hydroxylation sites is 1. The van der Waals surface area contributed by atoms with Crippen LogP contribution in [0.3, 0.4) is 0 Å². The Labute approximate surface area is 146 Å². The molecule has 2 aromatic carbocycles. The third-order valence-electron chi connectivity index (χ3n) is 4.28. The number of hydrogen-bond donors (Lipinski definition) is 1. The molecule has 1 heterocycles. The van der Waals surface area contributed by atoms with Gasteiger partial charge in [-0.3, -0.25) is 14.4 Å². The van der Waals surface area contributed by atoms with Crippen LogP contribution in [-0.4, -0.2) is 24.1 Å². The van der Waals surface area contributed by atoms with Crippen LogP contribution in [0, 0.1) is 0 Å². The Balaban J connectivity index is 1.67. The third-order valence-corrected chi connectivity index (χ3v) is 4.28. The zero-order valence-corrected chi connectivity index (χ0v) is 14.1. The molecule has 1 N–H and O–H groups in total. The maximum atomic E-state index is 12.5. The number of anilines is 2. The van der Waals surface area contributed by atoms with E-state index >= 15 is 0 Å². The summed E-state index contributed by atoms with van der Waals surface area (Å²) < 4.78 is 0. The van der Waals surface area contributed by atoms with Crippen LogP contribution in [0.25, 0.3) is 0 Å². The minimum atomic E-state index is -0.381. The quantitative estimate of drug-likeness (QED) is 0.689. The molecule has 0 fully saturated rings. The number of Topliss-reactive ketones (excluding diaryl/α,β-unsaturated/α-hetero) is 1. The number of aryl methyl sites for hydroxylation is 1. The van der Waals surface area contributed by atoms with Gasteiger partial charge in [-0.05, 0) is 43.5 Å². The van der Waals surface area contributed by atoms with E-state index in [2.05, 4.69) is 5.32 Å². The molecule has 1 aliphatic rings. The van der Waals surface area contributed by atoms with Crippen molar-refractivity contribution in [2.45, 2.75) is 26.2 Å². The summed E-state index contributed by atoms with van der Waals surface area (Å²) in [6, 6.07) is 14.5. The standard InChI is InChI=1S/C20H20N2O3/c1-14(23)16-7-4-9-17(12-16)21-19(24)13-20(25)22-11-5-8-15-6-2-3-10-18(15)22/h2-4,6-7,9-10,12H,5,8,11,13H2,1H3,(H,21,24). The van der Waals surface area contributed by atoms with Gasteiger partial charge in [-0.25, -0.2) is 0 Å². The van der Waals surface area contributed by atoms with Gasteiger partial charge < -0.3 is 10.2 Å². The van der Waals surface area contributed by atoms with Gasteiger partial charge in [0.2, 0.25) is 11.8 Å². The second-order valence-corrected chi connectivity index (χ2v) is 6.14. The lowest BCUT2D eigenvalue weighted by molar-refractivity contribution is -0.125. The first-order chi connectivity index (χ1) is 12.0. The fraction of sp³-hybridized carbons (Fsp3) is 0.250. The fourth-order valence-electron chi connectivity index (χ4n) is 3.05. The highest BCUT2D eigenvalue weighted by molar-refractivity contribution is 6.09. The zero-order chi connectivity index (χ0) is 17.8. The number of nitrogens with zero attached hydrogens (tertiary/aromatic N) is 1. The topological polar surface area (TPSA) is 66.5 Å². The summed E-state index contributed by atoms with van der Waals surface area (Å²) in [6.45, 7) is 2.10. The van der Waals surface area contributed by atoms with Gasteiger partial charge in [0.1, 0.15) is 6.42 Å². The highest BCUT2D eigenvalue weighted by Crippen LogP contribution is 2.27. The van der Waals surface area contributed by atoms with Crippen LogP contribution < -0.4 is 10.2 Å². The number of rotatable bonds is 4. The average molecular weight is 336 g/mol. The Morgan fingerprint density at radius 2 is 1.88 bits per heavy atom. The van der Waals surface area contributed by atoms with Crippen molar-refractivity contribution in [2.24, 2.45) is 0 Å². The highest BCUT2D eigenvalue weighted by atomic mass is 16.2. The van der Waals surface area contributed by atoms with Crippen molar-refractivity contribution in [3.05, 3.63) is 59.7 Å². The molecule has 25 heavy (non-hydrogen) atoms. The van der Waals surface area contributed by atoms with Gasteiger partial charge in [-0.2, -0.15) is 0 Å². The Hall–Kier alpha value is -2.95. The molecule has 0 aliphatic carbocycles. The van der Waals surface area contributed by atoms with Crippen LogP contribution in [0.5, 0.6) is 0 Å². The number of hydrogen-bond acceptors (Lipinski definition) is 3. The number of ketones is 1. The van der Waals surface area contributed by atoms with E-state index in [-0.39, 0.29) is 24.0 Å². The molecule has 5 heteroatoms. The van der Waals surface area contributed by atoms with Crippen molar-refractivity contribution in [1.29, 1.82) is 0 Å². The first kappa shape index (κ1) is 16.9. The molecule has 0 unspecified atom stereocenters. The van der Waals surface area contributed by atoms with Crippen LogP contribution in [0.15, 0.2) is 48.5 Å². The summed E-state index contributed by atoms with van der Waals surface area (Å²) >= 11 is 0. The third kappa shape index (κ3) is 3.94. The molecule has 0 spiro atoms. The van der Waals surface area contributed by atoms with Gasteiger partial charge >= 0.3 is 0 Å². The molecule has 0 radical (unpaired) electrons. The second kappa shape index (κ2) is 7.30. The molecule has 0 atom stereocenters. The first-order valence-electron chi connectivity index (χ1n) is 8.34. The summed E-state index contributed by atoms with van der Waals surface area (Å²) in [5.74, 6) is -0.668. The van der Waals surface area contributed by atoms with Gasteiger partial charge in [0.05, 0.1) is 0 Å². The van der Waals surface area contributed by atoms with E-state index in [9.17, 15) is 14.4 Å². The fourth-order valence-corrected chi connectivity index (χ4v) is 3.05. The number of amides is 2. The van der Waals surface area contributed by atoms with E-state index in [4.69, 9.17) is 0 Å². The molecule has 2 aromatic rings. The van der Waals surface area contributed by atoms with Crippen LogP contribution in [0.4, 0.5) is 11.4 Å². The normalized spacial score (nSPS) is 13.1. The summed E-state index contributed by atoms with van der Waals surface area (Å²) in [5, 5.41) is 2.69. The van der Waals surface area contributed by atoms with Crippen LogP contribution >= 0.6 is 0 Å². The first-order valence-corrected chi connectivity index (χ1v) is 8.34. The predicted octanol–water partition coefficient (Wildman–Crippen LogP) is 3.20. The maximum Gasteiger partial charge on any atom is 0.236 e. The van der Waals surface area contributed by atoms with Gasteiger partial charge in [-0.15, -0.1) is 0 Å². The van der Waals surface area contributed by atoms with Gasteiger partial charge in [0, 0.05) is 23.5 Å². The molecule has 3 rings (SSSR count). The second-order valence-electron chi connectivity index (χ2n) is 6.14.